The topological polar surface area (TPSA) is 29.3 Å². The first-order valence-electron chi connectivity index (χ1n) is 5.91. The van der Waals surface area contributed by atoms with Crippen molar-refractivity contribution < 1.29 is 0 Å². The summed E-state index contributed by atoms with van der Waals surface area (Å²) in [7, 11) is 0. The number of nitrogens with two attached hydrogens (primary N) is 1. The van der Waals surface area contributed by atoms with Crippen molar-refractivity contribution in [1.29, 1.82) is 0 Å². The van der Waals surface area contributed by atoms with Gasteiger partial charge in [0.05, 0.1) is 0 Å². The zero-order valence-corrected chi connectivity index (χ0v) is 9.84. The molecule has 2 unspecified atom stereocenters. The van der Waals surface area contributed by atoms with Crippen LogP contribution in [0.15, 0.2) is 0 Å². The minimum Gasteiger partial charge on any atom is -0.330 e. The molecule has 2 fully saturated rings. The van der Waals surface area contributed by atoms with Gasteiger partial charge in [0.1, 0.15) is 0 Å². The van der Waals surface area contributed by atoms with Crippen molar-refractivity contribution in [3.63, 3.8) is 0 Å². The molecule has 1 heterocycles. The standard InChI is InChI=1S/C12H24N2/c1-11(2)5-4-10(11)14-7-6-12(3,8-13)9-14/h10H,4-9,13H2,1-3H3. The van der Waals surface area contributed by atoms with Gasteiger partial charge in [0, 0.05) is 12.6 Å². The maximum Gasteiger partial charge on any atom is 0.0147 e. The fourth-order valence-corrected chi connectivity index (χ4v) is 3.02. The zero-order chi connectivity index (χ0) is 10.4. The molecule has 2 nitrogen and oxygen atoms in total. The molecule has 0 aromatic rings. The van der Waals surface area contributed by atoms with Crippen LogP contribution in [0.3, 0.4) is 0 Å². The smallest absolute Gasteiger partial charge is 0.0147 e. The highest BCUT2D eigenvalue weighted by molar-refractivity contribution is 5.00. The van der Waals surface area contributed by atoms with Gasteiger partial charge in [0.2, 0.25) is 0 Å². The predicted octanol–water partition coefficient (Wildman–Crippen LogP) is 1.85. The van der Waals surface area contributed by atoms with Crippen LogP contribution in [0.1, 0.15) is 40.0 Å². The van der Waals surface area contributed by atoms with E-state index in [-0.39, 0.29) is 0 Å². The first kappa shape index (κ1) is 10.4. The number of rotatable bonds is 2. The summed E-state index contributed by atoms with van der Waals surface area (Å²) >= 11 is 0. The molecule has 0 bridgehead atoms. The molecule has 2 heteroatoms. The molecule has 0 amide bonds. The molecule has 82 valence electrons. The lowest BCUT2D eigenvalue weighted by molar-refractivity contribution is 0.00892. The summed E-state index contributed by atoms with van der Waals surface area (Å²) in [6, 6.07) is 0.830. The molecule has 0 spiro atoms. The van der Waals surface area contributed by atoms with Crippen LogP contribution in [0.2, 0.25) is 0 Å². The normalized spacial score (nSPS) is 42.4. The summed E-state index contributed by atoms with van der Waals surface area (Å²) in [5.41, 5.74) is 6.78. The van der Waals surface area contributed by atoms with E-state index in [9.17, 15) is 0 Å². The van der Waals surface area contributed by atoms with Crippen LogP contribution in [0, 0.1) is 10.8 Å². The van der Waals surface area contributed by atoms with Crippen LogP contribution in [-0.4, -0.2) is 30.6 Å². The lowest BCUT2D eigenvalue weighted by Crippen LogP contribution is -2.52. The molecule has 0 radical (unpaired) electrons. The third-order valence-corrected chi connectivity index (χ3v) is 4.49. The average molecular weight is 196 g/mol. The lowest BCUT2D eigenvalue weighted by atomic mass is 9.66. The number of likely N-dealkylation sites (tertiary alicyclic amines) is 1. The van der Waals surface area contributed by atoms with Gasteiger partial charge in [-0.2, -0.15) is 0 Å². The van der Waals surface area contributed by atoms with E-state index in [1.807, 2.05) is 0 Å². The Morgan fingerprint density at radius 3 is 2.36 bits per heavy atom. The third-order valence-electron chi connectivity index (χ3n) is 4.49. The van der Waals surface area contributed by atoms with Crippen LogP contribution >= 0.6 is 0 Å². The monoisotopic (exact) mass is 196 g/mol. The van der Waals surface area contributed by atoms with Gasteiger partial charge in [0.15, 0.2) is 0 Å². The number of hydrogen-bond acceptors (Lipinski definition) is 2. The van der Waals surface area contributed by atoms with Crippen LogP contribution in [-0.2, 0) is 0 Å². The number of nitrogens with zero attached hydrogens (tertiary/aromatic N) is 1. The van der Waals surface area contributed by atoms with Crippen molar-refractivity contribution in [2.24, 2.45) is 16.6 Å². The predicted molar refractivity (Wildman–Crippen MR) is 60.2 cm³/mol. The summed E-state index contributed by atoms with van der Waals surface area (Å²) in [5.74, 6) is 0. The van der Waals surface area contributed by atoms with Gasteiger partial charge in [-0.25, -0.2) is 0 Å². The molecule has 2 rings (SSSR count). The van der Waals surface area contributed by atoms with E-state index in [2.05, 4.69) is 25.7 Å². The van der Waals surface area contributed by atoms with Crippen molar-refractivity contribution >= 4 is 0 Å². The third kappa shape index (κ3) is 1.59. The fourth-order valence-electron chi connectivity index (χ4n) is 3.02. The molecule has 0 aromatic heterocycles. The maximum absolute atomic E-state index is 5.83. The molecule has 2 atom stereocenters. The van der Waals surface area contributed by atoms with Gasteiger partial charge in [-0.05, 0) is 43.2 Å². The zero-order valence-electron chi connectivity index (χ0n) is 9.84. The Kier molecular flexibility index (Phi) is 2.39. The summed E-state index contributed by atoms with van der Waals surface area (Å²) in [4.78, 5) is 2.68. The molecule has 1 aliphatic carbocycles. The molecule has 2 aliphatic rings. The van der Waals surface area contributed by atoms with Crippen molar-refractivity contribution in [2.75, 3.05) is 19.6 Å². The number of hydrogen-bond donors (Lipinski definition) is 1. The highest BCUT2D eigenvalue weighted by Gasteiger charge is 2.46. The maximum atomic E-state index is 5.83. The molecule has 1 saturated heterocycles. The largest absolute Gasteiger partial charge is 0.330 e. The second kappa shape index (κ2) is 3.21. The van der Waals surface area contributed by atoms with Gasteiger partial charge in [0.25, 0.3) is 0 Å². The Morgan fingerprint density at radius 2 is 2.00 bits per heavy atom. The first-order valence-corrected chi connectivity index (χ1v) is 5.91. The molecule has 1 aliphatic heterocycles. The minimum absolute atomic E-state index is 0.395. The van der Waals surface area contributed by atoms with E-state index in [1.165, 1.54) is 32.4 Å². The van der Waals surface area contributed by atoms with Crippen LogP contribution in [0.5, 0.6) is 0 Å². The molecular formula is C12H24N2. The van der Waals surface area contributed by atoms with Crippen molar-refractivity contribution in [2.45, 2.75) is 46.1 Å². The van der Waals surface area contributed by atoms with E-state index in [1.54, 1.807) is 0 Å². The average Bonchev–Trinajstić information content (AvgIpc) is 2.48. The van der Waals surface area contributed by atoms with Crippen molar-refractivity contribution in [1.82, 2.24) is 4.90 Å². The van der Waals surface area contributed by atoms with Gasteiger partial charge in [-0.3, -0.25) is 4.90 Å². The Bertz CT molecular complexity index is 224. The van der Waals surface area contributed by atoms with Crippen LogP contribution in [0.25, 0.3) is 0 Å². The lowest BCUT2D eigenvalue weighted by Gasteiger charge is -2.50. The second-order valence-electron chi connectivity index (χ2n) is 6.28. The Labute approximate surface area is 87.8 Å². The van der Waals surface area contributed by atoms with Gasteiger partial charge in [-0.15, -0.1) is 0 Å². The van der Waals surface area contributed by atoms with Crippen LogP contribution < -0.4 is 5.73 Å². The SMILES string of the molecule is CC1(CN)CCN(C2CCC2(C)C)C1. The minimum atomic E-state index is 0.395. The van der Waals surface area contributed by atoms with E-state index < -0.39 is 0 Å². The first-order chi connectivity index (χ1) is 6.47. The van der Waals surface area contributed by atoms with E-state index in [4.69, 9.17) is 5.73 Å². The molecule has 14 heavy (non-hydrogen) atoms. The molecule has 1 saturated carbocycles. The highest BCUT2D eigenvalue weighted by atomic mass is 15.2. The van der Waals surface area contributed by atoms with Crippen molar-refractivity contribution in [3.8, 4) is 0 Å². The summed E-state index contributed by atoms with van der Waals surface area (Å²) in [6.07, 6.45) is 4.08. The molecular weight excluding hydrogens is 172 g/mol. The Balaban J connectivity index is 1.96. The fraction of sp³-hybridized carbons (Fsp3) is 1.00. The van der Waals surface area contributed by atoms with E-state index in [0.29, 0.717) is 10.8 Å². The van der Waals surface area contributed by atoms with E-state index >= 15 is 0 Å². The summed E-state index contributed by atoms with van der Waals surface area (Å²) in [5, 5.41) is 0. The molecule has 2 N–H and O–H groups in total. The van der Waals surface area contributed by atoms with E-state index in [0.717, 1.165) is 12.6 Å². The van der Waals surface area contributed by atoms with Gasteiger partial charge in [-0.1, -0.05) is 20.8 Å². The quantitative estimate of drug-likeness (QED) is 0.730. The Hall–Kier alpha value is -0.0800. The highest BCUT2D eigenvalue weighted by Crippen LogP contribution is 2.46. The van der Waals surface area contributed by atoms with Crippen LogP contribution in [0.4, 0.5) is 0 Å². The summed E-state index contributed by atoms with van der Waals surface area (Å²) in [6.45, 7) is 10.5. The van der Waals surface area contributed by atoms with Gasteiger partial charge >= 0.3 is 0 Å². The van der Waals surface area contributed by atoms with Crippen molar-refractivity contribution in [3.05, 3.63) is 0 Å². The Morgan fingerprint density at radius 1 is 1.29 bits per heavy atom. The second-order valence-corrected chi connectivity index (χ2v) is 6.28. The van der Waals surface area contributed by atoms with Gasteiger partial charge < -0.3 is 5.73 Å². The molecule has 0 aromatic carbocycles. The summed E-state index contributed by atoms with van der Waals surface area (Å²) < 4.78 is 0.